The van der Waals surface area contributed by atoms with Crippen LogP contribution in [0, 0.1) is 0 Å². The Morgan fingerprint density at radius 2 is 1.64 bits per heavy atom. The molecule has 3 rings (SSSR count). The highest BCUT2D eigenvalue weighted by Crippen LogP contribution is 2.16. The summed E-state index contributed by atoms with van der Waals surface area (Å²) in [7, 11) is 0. The quantitative estimate of drug-likeness (QED) is 0.524. The number of amides is 1. The zero-order valence-electron chi connectivity index (χ0n) is 14.1. The van der Waals surface area contributed by atoms with E-state index in [2.05, 4.69) is 5.32 Å². The molecule has 0 aliphatic rings. The van der Waals surface area contributed by atoms with Gasteiger partial charge in [0.2, 0.25) is 5.91 Å². The summed E-state index contributed by atoms with van der Waals surface area (Å²) in [6.07, 6.45) is 0. The van der Waals surface area contributed by atoms with E-state index in [4.69, 9.17) is 0 Å². The molecule has 0 saturated heterocycles. The number of para-hydroxylation sites is 2. The molecule has 0 aliphatic heterocycles. The van der Waals surface area contributed by atoms with E-state index in [0.717, 1.165) is 16.8 Å². The molecule has 0 saturated carbocycles. The summed E-state index contributed by atoms with van der Waals surface area (Å²) in [4.78, 5) is 25.9. The van der Waals surface area contributed by atoms with Gasteiger partial charge in [-0.2, -0.15) is 0 Å². The number of aryl methyl sites for hydroxylation is 1. The average molecular weight is 355 g/mol. The van der Waals surface area contributed by atoms with Crippen LogP contribution in [0.25, 0.3) is 11.0 Å². The molecule has 0 atom stereocenters. The van der Waals surface area contributed by atoms with Crippen molar-refractivity contribution in [2.45, 2.75) is 24.9 Å². The van der Waals surface area contributed by atoms with E-state index in [1.807, 2.05) is 61.5 Å². The third-order valence-electron chi connectivity index (χ3n) is 3.98. The first-order valence-corrected chi connectivity index (χ1v) is 9.32. The molecule has 3 aromatic rings. The fourth-order valence-electron chi connectivity index (χ4n) is 2.81. The summed E-state index contributed by atoms with van der Waals surface area (Å²) in [5.41, 5.74) is 1.52. The van der Waals surface area contributed by atoms with Crippen molar-refractivity contribution in [3.63, 3.8) is 0 Å². The van der Waals surface area contributed by atoms with Crippen LogP contribution in [-0.2, 0) is 17.9 Å². The normalized spacial score (nSPS) is 10.9. The summed E-state index contributed by atoms with van der Waals surface area (Å²) in [5, 5.41) is 2.89. The molecule has 2 aromatic carbocycles. The Bertz CT molecular complexity index is 915. The van der Waals surface area contributed by atoms with Crippen molar-refractivity contribution in [3.8, 4) is 0 Å². The van der Waals surface area contributed by atoms with Crippen molar-refractivity contribution in [2.24, 2.45) is 0 Å². The molecular formula is C19H21N3O2S. The summed E-state index contributed by atoms with van der Waals surface area (Å²) in [5.74, 6) is 0.649. The Hall–Kier alpha value is -2.47. The molecular weight excluding hydrogens is 334 g/mol. The monoisotopic (exact) mass is 355 g/mol. The molecule has 0 spiro atoms. The van der Waals surface area contributed by atoms with Crippen LogP contribution in [0.3, 0.4) is 0 Å². The minimum atomic E-state index is -0.144. The molecule has 1 heterocycles. The smallest absolute Gasteiger partial charge is 0.329 e. The Labute approximate surface area is 150 Å². The van der Waals surface area contributed by atoms with Crippen LogP contribution in [-0.4, -0.2) is 27.3 Å². The van der Waals surface area contributed by atoms with Gasteiger partial charge in [-0.05, 0) is 31.2 Å². The van der Waals surface area contributed by atoms with Gasteiger partial charge in [0, 0.05) is 23.7 Å². The Morgan fingerprint density at radius 3 is 2.32 bits per heavy atom. The molecule has 1 N–H and O–H groups in total. The van der Waals surface area contributed by atoms with Crippen molar-refractivity contribution in [1.29, 1.82) is 0 Å². The van der Waals surface area contributed by atoms with Crippen molar-refractivity contribution in [3.05, 3.63) is 65.1 Å². The van der Waals surface area contributed by atoms with Gasteiger partial charge in [-0.25, -0.2) is 4.79 Å². The maximum absolute atomic E-state index is 12.5. The van der Waals surface area contributed by atoms with Gasteiger partial charge < -0.3 is 5.32 Å². The van der Waals surface area contributed by atoms with Crippen LogP contribution in [0.15, 0.2) is 64.3 Å². The van der Waals surface area contributed by atoms with Gasteiger partial charge in [-0.1, -0.05) is 30.3 Å². The maximum atomic E-state index is 12.5. The number of nitrogens with one attached hydrogen (secondary N) is 1. The van der Waals surface area contributed by atoms with E-state index in [1.54, 1.807) is 20.9 Å². The van der Waals surface area contributed by atoms with Crippen LogP contribution in [0.5, 0.6) is 0 Å². The minimum absolute atomic E-state index is 0.0440. The third kappa shape index (κ3) is 3.96. The first-order valence-electron chi connectivity index (χ1n) is 8.33. The molecule has 130 valence electrons. The van der Waals surface area contributed by atoms with Crippen LogP contribution in [0.4, 0.5) is 0 Å². The zero-order valence-corrected chi connectivity index (χ0v) is 15.0. The third-order valence-corrected chi connectivity index (χ3v) is 4.99. The Kier molecular flexibility index (Phi) is 5.60. The molecule has 0 fully saturated rings. The first kappa shape index (κ1) is 17.4. The highest BCUT2D eigenvalue weighted by atomic mass is 32.2. The second-order valence-corrected chi connectivity index (χ2v) is 6.78. The lowest BCUT2D eigenvalue weighted by Gasteiger charge is -2.06. The molecule has 6 heteroatoms. The van der Waals surface area contributed by atoms with Gasteiger partial charge >= 0.3 is 5.69 Å². The van der Waals surface area contributed by atoms with Crippen LogP contribution >= 0.6 is 11.8 Å². The maximum Gasteiger partial charge on any atom is 0.329 e. The minimum Gasteiger partial charge on any atom is -0.354 e. The fraction of sp³-hybridized carbons (Fsp3) is 0.263. The van der Waals surface area contributed by atoms with E-state index in [1.165, 1.54) is 4.90 Å². The van der Waals surface area contributed by atoms with Crippen LogP contribution < -0.4 is 11.0 Å². The number of imidazole rings is 1. The highest BCUT2D eigenvalue weighted by Gasteiger charge is 2.13. The molecule has 5 nitrogen and oxygen atoms in total. The van der Waals surface area contributed by atoms with Gasteiger partial charge in [0.1, 0.15) is 6.54 Å². The lowest BCUT2D eigenvalue weighted by molar-refractivity contribution is -0.121. The lowest BCUT2D eigenvalue weighted by Crippen LogP contribution is -2.34. The number of carbonyl (C=O) groups is 1. The van der Waals surface area contributed by atoms with Gasteiger partial charge in [0.25, 0.3) is 0 Å². The van der Waals surface area contributed by atoms with E-state index in [-0.39, 0.29) is 18.1 Å². The predicted molar refractivity (Wildman–Crippen MR) is 102 cm³/mol. The van der Waals surface area contributed by atoms with Crippen molar-refractivity contribution in [1.82, 2.24) is 14.5 Å². The molecule has 0 radical (unpaired) electrons. The number of rotatable bonds is 7. The second kappa shape index (κ2) is 8.07. The lowest BCUT2D eigenvalue weighted by atomic mass is 10.3. The number of hydrogen-bond acceptors (Lipinski definition) is 3. The molecule has 0 unspecified atom stereocenters. The van der Waals surface area contributed by atoms with Crippen LogP contribution in [0.2, 0.25) is 0 Å². The Balaban J connectivity index is 1.61. The molecule has 25 heavy (non-hydrogen) atoms. The van der Waals surface area contributed by atoms with Crippen molar-refractivity contribution in [2.75, 3.05) is 12.3 Å². The van der Waals surface area contributed by atoms with E-state index in [9.17, 15) is 9.59 Å². The molecule has 0 bridgehead atoms. The number of benzene rings is 2. The van der Waals surface area contributed by atoms with Crippen molar-refractivity contribution < 1.29 is 4.79 Å². The second-order valence-electron chi connectivity index (χ2n) is 5.61. The average Bonchev–Trinajstić information content (AvgIpc) is 2.91. The SMILES string of the molecule is CCn1c(=O)n(CC(=O)NCCSc2ccccc2)c2ccccc21. The number of nitrogens with zero attached hydrogens (tertiary/aromatic N) is 2. The predicted octanol–water partition coefficient (Wildman–Crippen LogP) is 2.73. The fourth-order valence-corrected chi connectivity index (χ4v) is 3.60. The molecule has 1 amide bonds. The molecule has 1 aromatic heterocycles. The highest BCUT2D eigenvalue weighted by molar-refractivity contribution is 7.99. The number of thioether (sulfide) groups is 1. The number of hydrogen-bond donors (Lipinski definition) is 1. The van der Waals surface area contributed by atoms with E-state index >= 15 is 0 Å². The number of aromatic nitrogens is 2. The van der Waals surface area contributed by atoms with E-state index in [0.29, 0.717) is 13.1 Å². The standard InChI is InChI=1S/C19H21N3O2S/c1-2-21-16-10-6-7-11-17(16)22(19(21)24)14-18(23)20-12-13-25-15-8-4-3-5-9-15/h3-11H,2,12-14H2,1H3,(H,20,23). The summed E-state index contributed by atoms with van der Waals surface area (Å²) in [6.45, 7) is 3.13. The van der Waals surface area contributed by atoms with Gasteiger partial charge in [-0.15, -0.1) is 11.8 Å². The van der Waals surface area contributed by atoms with Crippen molar-refractivity contribution >= 4 is 28.7 Å². The summed E-state index contributed by atoms with van der Waals surface area (Å²) < 4.78 is 3.23. The summed E-state index contributed by atoms with van der Waals surface area (Å²) >= 11 is 1.69. The van der Waals surface area contributed by atoms with Crippen LogP contribution in [0.1, 0.15) is 6.92 Å². The Morgan fingerprint density at radius 1 is 1.00 bits per heavy atom. The summed E-state index contributed by atoms with van der Waals surface area (Å²) in [6, 6.07) is 17.6. The van der Waals surface area contributed by atoms with E-state index < -0.39 is 0 Å². The largest absolute Gasteiger partial charge is 0.354 e. The molecule has 0 aliphatic carbocycles. The number of fused-ring (bicyclic) bond motifs is 1. The van der Waals surface area contributed by atoms with Gasteiger partial charge in [0.05, 0.1) is 11.0 Å². The zero-order chi connectivity index (χ0) is 17.6. The topological polar surface area (TPSA) is 56.0 Å². The van der Waals surface area contributed by atoms with Gasteiger partial charge in [-0.3, -0.25) is 13.9 Å². The first-order chi connectivity index (χ1) is 12.2. The van der Waals surface area contributed by atoms with Gasteiger partial charge in [0.15, 0.2) is 0 Å². The number of carbonyl (C=O) groups excluding carboxylic acids is 1.